The Balaban J connectivity index is 1.61. The first-order valence-electron chi connectivity index (χ1n) is 18.6. The summed E-state index contributed by atoms with van der Waals surface area (Å²) in [4.78, 5) is 24.3. The van der Waals surface area contributed by atoms with Crippen LogP contribution in [0.2, 0.25) is 0 Å². The number of hydrogen-bond donors (Lipinski definition) is 0. The molecule has 0 atom stereocenters. The van der Waals surface area contributed by atoms with Crippen molar-refractivity contribution in [3.8, 4) is 0 Å². The number of methoxy groups -OCH3 is 1. The molecule has 0 N–H and O–H groups in total. The van der Waals surface area contributed by atoms with Gasteiger partial charge in [0, 0.05) is 45.6 Å². The van der Waals surface area contributed by atoms with Gasteiger partial charge in [-0.15, -0.1) is 0 Å². The Labute approximate surface area is 300 Å². The zero-order valence-corrected chi connectivity index (χ0v) is 30.8. The summed E-state index contributed by atoms with van der Waals surface area (Å²) in [5, 5.41) is 0. The standard InChI is InChI=1S/C36H67NO13/c1-40-17-18-44-25-26-48-33-34-50-32-29-47-24-21-43-16-10-6-9-15-42-20-23-46-28-31-49-30-27-45-22-19-41-14-8-5-3-2-4-7-13-37-35(38)11-12-36(37)39/h11-12H,2-10,13-34H2,1H3. The highest BCUT2D eigenvalue weighted by atomic mass is 16.6. The van der Waals surface area contributed by atoms with E-state index in [1.165, 1.54) is 17.1 Å². The van der Waals surface area contributed by atoms with E-state index in [4.69, 9.17) is 52.1 Å². The fourth-order valence-corrected chi connectivity index (χ4v) is 4.52. The van der Waals surface area contributed by atoms with Gasteiger partial charge in [0.2, 0.25) is 0 Å². The summed E-state index contributed by atoms with van der Waals surface area (Å²) in [6.45, 7) is 12.8. The molecule has 0 aliphatic carbocycles. The van der Waals surface area contributed by atoms with Crippen molar-refractivity contribution >= 4 is 11.8 Å². The Morgan fingerprint density at radius 2 is 0.580 bits per heavy atom. The number of nitrogens with zero attached hydrogens (tertiary/aromatic N) is 1. The smallest absolute Gasteiger partial charge is 0.253 e. The number of rotatable bonds is 42. The van der Waals surface area contributed by atoms with E-state index in [0.29, 0.717) is 125 Å². The first-order chi connectivity index (χ1) is 24.8. The lowest BCUT2D eigenvalue weighted by atomic mass is 10.1. The molecule has 0 bridgehead atoms. The van der Waals surface area contributed by atoms with E-state index in [1.807, 2.05) is 0 Å². The normalized spacial score (nSPS) is 13.0. The van der Waals surface area contributed by atoms with Crippen molar-refractivity contribution in [2.45, 2.75) is 57.8 Å². The second-order valence-electron chi connectivity index (χ2n) is 11.5. The van der Waals surface area contributed by atoms with Crippen LogP contribution < -0.4 is 0 Å². The molecule has 2 amide bonds. The average Bonchev–Trinajstić information content (AvgIpc) is 3.44. The third kappa shape index (κ3) is 32.4. The highest BCUT2D eigenvalue weighted by molar-refractivity contribution is 6.12. The van der Waals surface area contributed by atoms with Crippen molar-refractivity contribution in [3.63, 3.8) is 0 Å². The first kappa shape index (κ1) is 46.5. The van der Waals surface area contributed by atoms with Gasteiger partial charge in [-0.25, -0.2) is 0 Å². The van der Waals surface area contributed by atoms with E-state index in [9.17, 15) is 9.59 Å². The van der Waals surface area contributed by atoms with Gasteiger partial charge in [0.25, 0.3) is 11.8 Å². The zero-order chi connectivity index (χ0) is 35.8. The van der Waals surface area contributed by atoms with E-state index in [0.717, 1.165) is 77.6 Å². The monoisotopic (exact) mass is 721 g/mol. The van der Waals surface area contributed by atoms with Crippen molar-refractivity contribution in [2.24, 2.45) is 0 Å². The van der Waals surface area contributed by atoms with Gasteiger partial charge in [0.1, 0.15) is 0 Å². The van der Waals surface area contributed by atoms with Crippen LogP contribution in [-0.4, -0.2) is 169 Å². The lowest BCUT2D eigenvalue weighted by Gasteiger charge is -2.13. The number of carbonyl (C=O) groups is 2. The Morgan fingerprint density at radius 3 is 0.900 bits per heavy atom. The van der Waals surface area contributed by atoms with Crippen molar-refractivity contribution in [3.05, 3.63) is 12.2 Å². The average molecular weight is 722 g/mol. The molecule has 0 saturated heterocycles. The Hall–Kier alpha value is -1.56. The van der Waals surface area contributed by atoms with Crippen LogP contribution in [0.25, 0.3) is 0 Å². The second kappa shape index (κ2) is 38.7. The van der Waals surface area contributed by atoms with Crippen molar-refractivity contribution in [2.75, 3.05) is 152 Å². The summed E-state index contributed by atoms with van der Waals surface area (Å²) in [6, 6.07) is 0. The number of hydrogen-bond acceptors (Lipinski definition) is 13. The Kier molecular flexibility index (Phi) is 35.9. The highest BCUT2D eigenvalue weighted by Crippen LogP contribution is 2.09. The van der Waals surface area contributed by atoms with Crippen LogP contribution in [-0.2, 0) is 61.7 Å². The molecular weight excluding hydrogens is 654 g/mol. The summed E-state index contributed by atoms with van der Waals surface area (Å²) in [5.41, 5.74) is 0. The van der Waals surface area contributed by atoms with Crippen LogP contribution in [0, 0.1) is 0 Å². The third-order valence-corrected chi connectivity index (χ3v) is 7.31. The van der Waals surface area contributed by atoms with Gasteiger partial charge in [-0.05, 0) is 32.1 Å². The molecule has 0 fully saturated rings. The lowest BCUT2D eigenvalue weighted by molar-refractivity contribution is -0.136. The highest BCUT2D eigenvalue weighted by Gasteiger charge is 2.22. The molecule has 0 saturated carbocycles. The number of imide groups is 1. The van der Waals surface area contributed by atoms with Crippen LogP contribution in [0.1, 0.15) is 57.8 Å². The molecule has 14 heteroatoms. The summed E-state index contributed by atoms with van der Waals surface area (Å²) >= 11 is 0. The van der Waals surface area contributed by atoms with Crippen LogP contribution in [0.15, 0.2) is 12.2 Å². The summed E-state index contributed by atoms with van der Waals surface area (Å²) in [7, 11) is 1.65. The van der Waals surface area contributed by atoms with E-state index in [2.05, 4.69) is 0 Å². The van der Waals surface area contributed by atoms with Crippen molar-refractivity contribution < 1.29 is 61.7 Å². The molecule has 50 heavy (non-hydrogen) atoms. The molecule has 294 valence electrons. The minimum absolute atomic E-state index is 0.194. The van der Waals surface area contributed by atoms with Gasteiger partial charge in [-0.2, -0.15) is 0 Å². The SMILES string of the molecule is COCCOCCOCCOCCOCCOCCCCCOCCOCCOCCOCCOCCCCCCCCN1C(=O)C=CC1=O. The van der Waals surface area contributed by atoms with E-state index in [1.54, 1.807) is 7.11 Å². The maximum Gasteiger partial charge on any atom is 0.253 e. The minimum Gasteiger partial charge on any atom is -0.382 e. The van der Waals surface area contributed by atoms with Gasteiger partial charge < -0.3 is 52.1 Å². The zero-order valence-electron chi connectivity index (χ0n) is 30.8. The van der Waals surface area contributed by atoms with Gasteiger partial charge in [0.15, 0.2) is 0 Å². The first-order valence-corrected chi connectivity index (χ1v) is 18.6. The molecule has 0 radical (unpaired) electrons. The molecule has 0 spiro atoms. The molecule has 1 aliphatic rings. The summed E-state index contributed by atoms with van der Waals surface area (Å²) in [6.07, 6.45) is 12.0. The molecule has 1 aliphatic heterocycles. The number of unbranched alkanes of at least 4 members (excludes halogenated alkanes) is 7. The van der Waals surface area contributed by atoms with Crippen LogP contribution >= 0.6 is 0 Å². The fourth-order valence-electron chi connectivity index (χ4n) is 4.52. The van der Waals surface area contributed by atoms with Crippen LogP contribution in [0.4, 0.5) is 0 Å². The number of ether oxygens (including phenoxy) is 11. The van der Waals surface area contributed by atoms with E-state index in [-0.39, 0.29) is 11.8 Å². The van der Waals surface area contributed by atoms with Crippen LogP contribution in [0.3, 0.4) is 0 Å². The maximum atomic E-state index is 11.5. The summed E-state index contributed by atoms with van der Waals surface area (Å²) in [5.74, 6) is -0.388. The molecule has 0 aromatic carbocycles. The molecule has 0 unspecified atom stereocenters. The predicted octanol–water partition coefficient (Wildman–Crippen LogP) is 3.23. The Morgan fingerprint density at radius 1 is 0.340 bits per heavy atom. The fraction of sp³-hybridized carbons (Fsp3) is 0.889. The van der Waals surface area contributed by atoms with E-state index >= 15 is 0 Å². The van der Waals surface area contributed by atoms with Gasteiger partial charge in [-0.3, -0.25) is 14.5 Å². The molecule has 0 aromatic rings. The minimum atomic E-state index is -0.194. The van der Waals surface area contributed by atoms with Gasteiger partial charge in [-0.1, -0.05) is 25.7 Å². The Bertz CT molecular complexity index is 756. The summed E-state index contributed by atoms with van der Waals surface area (Å²) < 4.78 is 60.0. The molecule has 1 heterocycles. The van der Waals surface area contributed by atoms with Gasteiger partial charge in [0.05, 0.1) is 119 Å². The van der Waals surface area contributed by atoms with E-state index < -0.39 is 0 Å². The quantitative estimate of drug-likeness (QED) is 0.0674. The molecule has 1 rings (SSSR count). The third-order valence-electron chi connectivity index (χ3n) is 7.31. The molecule has 0 aromatic heterocycles. The maximum absolute atomic E-state index is 11.5. The van der Waals surface area contributed by atoms with Gasteiger partial charge >= 0.3 is 0 Å². The number of amides is 2. The predicted molar refractivity (Wildman–Crippen MR) is 187 cm³/mol. The lowest BCUT2D eigenvalue weighted by Crippen LogP contribution is -2.30. The largest absolute Gasteiger partial charge is 0.382 e. The molecular formula is C36H67NO13. The van der Waals surface area contributed by atoms with Crippen molar-refractivity contribution in [1.29, 1.82) is 0 Å². The van der Waals surface area contributed by atoms with Crippen LogP contribution in [0.5, 0.6) is 0 Å². The molecule has 14 nitrogen and oxygen atoms in total. The second-order valence-corrected chi connectivity index (χ2v) is 11.5. The topological polar surface area (TPSA) is 139 Å². The number of carbonyl (C=O) groups excluding carboxylic acids is 2. The van der Waals surface area contributed by atoms with Crippen molar-refractivity contribution in [1.82, 2.24) is 4.90 Å².